The van der Waals surface area contributed by atoms with Crippen LogP contribution in [0.15, 0.2) is 0 Å². The van der Waals surface area contributed by atoms with Gasteiger partial charge in [-0.25, -0.2) is 8.42 Å². The summed E-state index contributed by atoms with van der Waals surface area (Å²) in [6.45, 7) is 0. The molecule has 3 nitrogen and oxygen atoms in total. The zero-order valence-electron chi connectivity index (χ0n) is 5.52. The molecule has 0 aromatic carbocycles. The van der Waals surface area contributed by atoms with Gasteiger partial charge in [-0.05, 0) is 0 Å². The first-order valence-corrected chi connectivity index (χ1v) is 6.72. The van der Waals surface area contributed by atoms with Gasteiger partial charge < -0.3 is 0 Å². The maximum Gasteiger partial charge on any atom is 0.246 e. The van der Waals surface area contributed by atoms with Crippen LogP contribution in [0.25, 0.3) is 0 Å². The molecule has 0 N–H and O–H groups in total. The van der Waals surface area contributed by atoms with Crippen LogP contribution in [-0.2, 0) is 9.84 Å². The predicted octanol–water partition coefficient (Wildman–Crippen LogP) is 0.752. The van der Waals surface area contributed by atoms with Crippen molar-refractivity contribution in [2.45, 2.75) is 10.5 Å². The zero-order valence-corrected chi connectivity index (χ0v) is 7.97. The van der Waals surface area contributed by atoms with Gasteiger partial charge in [0.25, 0.3) is 0 Å². The summed E-state index contributed by atoms with van der Waals surface area (Å²) in [6, 6.07) is 0. The van der Waals surface area contributed by atoms with Crippen molar-refractivity contribution in [2.75, 3.05) is 11.5 Å². The summed E-state index contributed by atoms with van der Waals surface area (Å²) in [5.74, 6) is 0.391. The Morgan fingerprint density at radius 1 is 1.18 bits per heavy atom. The molecular formula is C5H6O3S3. The summed E-state index contributed by atoms with van der Waals surface area (Å²) in [7, 11) is -2.82. The van der Waals surface area contributed by atoms with Gasteiger partial charge in [-0.15, -0.1) is 0 Å². The van der Waals surface area contributed by atoms with E-state index in [2.05, 4.69) is 0 Å². The van der Waals surface area contributed by atoms with Crippen LogP contribution in [0.3, 0.4) is 0 Å². The molecule has 62 valence electrons. The minimum Gasteiger partial charge on any atom is -0.274 e. The van der Waals surface area contributed by atoms with Gasteiger partial charge in [0, 0.05) is 10.5 Å². The van der Waals surface area contributed by atoms with Crippen LogP contribution in [0.4, 0.5) is 4.79 Å². The standard InChI is InChI=1S/C5H6O3S3/c6-5-9-3-1-11(7,8)2-4(3)10-5/h3-4H,1-2H2. The summed E-state index contributed by atoms with van der Waals surface area (Å²) in [5, 5.41) is 0.0787. The maximum absolute atomic E-state index is 11.0. The molecule has 2 rings (SSSR count). The Bertz CT molecular complexity index is 272. The predicted molar refractivity (Wildman–Crippen MR) is 46.8 cm³/mol. The molecule has 2 heterocycles. The van der Waals surface area contributed by atoms with E-state index in [0.717, 1.165) is 0 Å². The topological polar surface area (TPSA) is 51.2 Å². The first-order valence-electron chi connectivity index (χ1n) is 3.14. The highest BCUT2D eigenvalue weighted by Crippen LogP contribution is 2.44. The third-order valence-electron chi connectivity index (χ3n) is 1.75. The SMILES string of the molecule is O=C1SC2CS(=O)(=O)CC2S1. The fourth-order valence-electron chi connectivity index (χ4n) is 1.28. The van der Waals surface area contributed by atoms with Crippen molar-refractivity contribution < 1.29 is 13.2 Å². The van der Waals surface area contributed by atoms with E-state index in [1.54, 1.807) is 0 Å². The molecule has 0 amide bonds. The first kappa shape index (κ1) is 7.94. The van der Waals surface area contributed by atoms with Crippen LogP contribution in [0.2, 0.25) is 0 Å². The molecule has 0 saturated carbocycles. The average molecular weight is 210 g/mol. The van der Waals surface area contributed by atoms with Gasteiger partial charge in [-0.1, -0.05) is 23.5 Å². The third kappa shape index (κ3) is 1.43. The minimum absolute atomic E-state index is 0.0394. The van der Waals surface area contributed by atoms with E-state index in [4.69, 9.17) is 0 Å². The summed E-state index contributed by atoms with van der Waals surface area (Å²) in [5.41, 5.74) is 0. The van der Waals surface area contributed by atoms with Gasteiger partial charge in [-0.2, -0.15) is 0 Å². The summed E-state index contributed by atoms with van der Waals surface area (Å²) in [6.07, 6.45) is 0. The number of fused-ring (bicyclic) bond motifs is 1. The third-order valence-corrected chi connectivity index (χ3v) is 6.63. The molecule has 0 aromatic heterocycles. The highest BCUT2D eigenvalue weighted by molar-refractivity contribution is 8.42. The second-order valence-corrected chi connectivity index (χ2v) is 7.48. The van der Waals surface area contributed by atoms with Gasteiger partial charge in [-0.3, -0.25) is 4.79 Å². The number of rotatable bonds is 0. The summed E-state index contributed by atoms with van der Waals surface area (Å²) >= 11 is 2.37. The van der Waals surface area contributed by atoms with Crippen molar-refractivity contribution in [1.29, 1.82) is 0 Å². The van der Waals surface area contributed by atoms with Crippen molar-refractivity contribution >= 4 is 37.8 Å². The monoisotopic (exact) mass is 210 g/mol. The van der Waals surface area contributed by atoms with E-state index in [-0.39, 0.29) is 26.5 Å². The van der Waals surface area contributed by atoms with Crippen molar-refractivity contribution in [2.24, 2.45) is 0 Å². The molecule has 0 spiro atoms. The molecule has 0 aromatic rings. The van der Waals surface area contributed by atoms with Crippen molar-refractivity contribution in [1.82, 2.24) is 0 Å². The molecule has 2 fully saturated rings. The second-order valence-electron chi connectivity index (χ2n) is 2.64. The van der Waals surface area contributed by atoms with Gasteiger partial charge in [0.05, 0.1) is 11.5 Å². The molecule has 2 atom stereocenters. The number of sulfone groups is 1. The molecule has 0 aliphatic carbocycles. The number of thioether (sulfide) groups is 2. The van der Waals surface area contributed by atoms with Crippen LogP contribution in [0.5, 0.6) is 0 Å². The average Bonchev–Trinajstić information content (AvgIpc) is 2.17. The molecule has 11 heavy (non-hydrogen) atoms. The molecule has 0 bridgehead atoms. The van der Waals surface area contributed by atoms with Crippen molar-refractivity contribution in [3.05, 3.63) is 0 Å². The largest absolute Gasteiger partial charge is 0.274 e. The van der Waals surface area contributed by atoms with Crippen molar-refractivity contribution in [3.63, 3.8) is 0 Å². The molecule has 2 unspecified atom stereocenters. The smallest absolute Gasteiger partial charge is 0.246 e. The Kier molecular flexibility index (Phi) is 1.73. The van der Waals surface area contributed by atoms with Gasteiger partial charge in [0.15, 0.2) is 9.84 Å². The van der Waals surface area contributed by atoms with Gasteiger partial charge in [0.2, 0.25) is 4.45 Å². The number of carbonyl (C=O) groups is 1. The van der Waals surface area contributed by atoms with Crippen LogP contribution < -0.4 is 0 Å². The van der Waals surface area contributed by atoms with Crippen LogP contribution in [-0.4, -0.2) is 34.9 Å². The van der Waals surface area contributed by atoms with Gasteiger partial charge in [0.1, 0.15) is 0 Å². The van der Waals surface area contributed by atoms with E-state index in [1.807, 2.05) is 0 Å². The van der Waals surface area contributed by atoms with E-state index < -0.39 is 9.84 Å². The summed E-state index contributed by atoms with van der Waals surface area (Å²) in [4.78, 5) is 10.8. The van der Waals surface area contributed by atoms with Crippen LogP contribution in [0, 0.1) is 0 Å². The highest BCUT2D eigenvalue weighted by Gasteiger charge is 2.45. The molecule has 2 aliphatic rings. The van der Waals surface area contributed by atoms with E-state index in [9.17, 15) is 13.2 Å². The fraction of sp³-hybridized carbons (Fsp3) is 0.800. The van der Waals surface area contributed by atoms with E-state index in [1.165, 1.54) is 23.5 Å². The lowest BCUT2D eigenvalue weighted by atomic mass is 10.4. The lowest BCUT2D eigenvalue weighted by Crippen LogP contribution is -2.10. The first-order chi connectivity index (χ1) is 5.07. The Labute approximate surface area is 73.2 Å². The molecule has 2 aliphatic heterocycles. The lowest BCUT2D eigenvalue weighted by Gasteiger charge is -1.97. The lowest BCUT2D eigenvalue weighted by molar-refractivity contribution is 0.277. The highest BCUT2D eigenvalue weighted by atomic mass is 32.2. The Morgan fingerprint density at radius 2 is 1.64 bits per heavy atom. The quantitative estimate of drug-likeness (QED) is 0.590. The molecule has 6 heteroatoms. The summed E-state index contributed by atoms with van der Waals surface area (Å²) < 4.78 is 22.1. The molecule has 2 saturated heterocycles. The molecule has 0 radical (unpaired) electrons. The molecular weight excluding hydrogens is 204 g/mol. The van der Waals surface area contributed by atoms with Crippen LogP contribution >= 0.6 is 23.5 Å². The Hall–Kier alpha value is 0.320. The normalized spacial score (nSPS) is 40.9. The Balaban J connectivity index is 2.22. The minimum atomic E-state index is -2.82. The fourth-order valence-corrected chi connectivity index (χ4v) is 7.20. The second kappa shape index (κ2) is 2.40. The number of hydrogen-bond acceptors (Lipinski definition) is 5. The maximum atomic E-state index is 11.0. The van der Waals surface area contributed by atoms with Crippen molar-refractivity contribution in [3.8, 4) is 0 Å². The van der Waals surface area contributed by atoms with E-state index in [0.29, 0.717) is 0 Å². The number of hydrogen-bond donors (Lipinski definition) is 0. The number of carbonyl (C=O) groups excluding carboxylic acids is 1. The van der Waals surface area contributed by atoms with Crippen LogP contribution in [0.1, 0.15) is 0 Å². The Morgan fingerprint density at radius 3 is 2.09 bits per heavy atom. The van der Waals surface area contributed by atoms with E-state index >= 15 is 0 Å². The zero-order chi connectivity index (χ0) is 8.06. The van der Waals surface area contributed by atoms with Gasteiger partial charge >= 0.3 is 0 Å².